The lowest BCUT2D eigenvalue weighted by molar-refractivity contribution is 0.0698. The highest BCUT2D eigenvalue weighted by molar-refractivity contribution is 7.89. The largest absolute Gasteiger partial charge is 0.478 e. The number of carboxylic acid groups (broad SMARTS) is 1. The van der Waals surface area contributed by atoms with Gasteiger partial charge in [-0.25, -0.2) is 17.5 Å². The number of hydrogen-bond donors (Lipinski definition) is 2. The van der Waals surface area contributed by atoms with Crippen molar-refractivity contribution in [1.82, 2.24) is 4.31 Å². The van der Waals surface area contributed by atoms with Crippen molar-refractivity contribution in [2.24, 2.45) is 5.10 Å². The standard InChI is InChI=1S/C17H19N3O4S/c1-12(18-19-16-10-5-4-9-15(16)17(21)22)13-7-6-8-14(11-13)25(23,24)20(2)3/h4-11,19H,1-3H3,(H,21,22)/b18-12+. The fraction of sp³-hybridized carbons (Fsp3) is 0.176. The van der Waals surface area contributed by atoms with Gasteiger partial charge < -0.3 is 5.11 Å². The Labute approximate surface area is 146 Å². The molecule has 0 saturated carbocycles. The highest BCUT2D eigenvalue weighted by Gasteiger charge is 2.17. The number of nitrogens with zero attached hydrogens (tertiary/aromatic N) is 2. The van der Waals surface area contributed by atoms with E-state index in [4.69, 9.17) is 5.11 Å². The van der Waals surface area contributed by atoms with E-state index < -0.39 is 16.0 Å². The van der Waals surface area contributed by atoms with E-state index in [1.165, 1.54) is 32.3 Å². The number of aromatic carboxylic acids is 1. The summed E-state index contributed by atoms with van der Waals surface area (Å²) in [5.74, 6) is -1.06. The summed E-state index contributed by atoms with van der Waals surface area (Å²) in [6, 6.07) is 12.8. The van der Waals surface area contributed by atoms with Crippen molar-refractivity contribution in [3.8, 4) is 0 Å². The fourth-order valence-electron chi connectivity index (χ4n) is 2.07. The Morgan fingerprint density at radius 3 is 2.44 bits per heavy atom. The van der Waals surface area contributed by atoms with E-state index >= 15 is 0 Å². The number of rotatable bonds is 6. The van der Waals surface area contributed by atoms with Gasteiger partial charge in [-0.2, -0.15) is 5.10 Å². The van der Waals surface area contributed by atoms with E-state index in [2.05, 4.69) is 10.5 Å². The van der Waals surface area contributed by atoms with E-state index in [0.717, 1.165) is 4.31 Å². The number of benzene rings is 2. The first-order valence-electron chi connectivity index (χ1n) is 7.39. The Morgan fingerprint density at radius 2 is 1.80 bits per heavy atom. The molecule has 0 bridgehead atoms. The van der Waals surface area contributed by atoms with Gasteiger partial charge in [0.2, 0.25) is 10.0 Å². The second-order valence-corrected chi connectivity index (χ2v) is 7.63. The molecule has 8 heteroatoms. The van der Waals surface area contributed by atoms with Gasteiger partial charge >= 0.3 is 5.97 Å². The zero-order valence-electron chi connectivity index (χ0n) is 14.1. The molecule has 0 aromatic heterocycles. The average molecular weight is 361 g/mol. The molecule has 0 aliphatic carbocycles. The summed E-state index contributed by atoms with van der Waals surface area (Å²) in [6.07, 6.45) is 0. The van der Waals surface area contributed by atoms with Crippen molar-refractivity contribution in [3.05, 3.63) is 59.7 Å². The molecule has 2 aromatic rings. The molecular formula is C17H19N3O4S. The lowest BCUT2D eigenvalue weighted by atomic mass is 10.1. The molecule has 0 spiro atoms. The van der Waals surface area contributed by atoms with E-state index in [9.17, 15) is 13.2 Å². The lowest BCUT2D eigenvalue weighted by Crippen LogP contribution is -2.22. The maximum absolute atomic E-state index is 12.2. The zero-order chi connectivity index (χ0) is 18.6. The lowest BCUT2D eigenvalue weighted by Gasteiger charge is -2.12. The third kappa shape index (κ3) is 4.23. The number of nitrogens with one attached hydrogen (secondary N) is 1. The predicted octanol–water partition coefficient (Wildman–Crippen LogP) is 2.47. The maximum atomic E-state index is 12.2. The number of hydrogen-bond acceptors (Lipinski definition) is 5. The minimum Gasteiger partial charge on any atom is -0.478 e. The molecule has 0 amide bonds. The second kappa shape index (κ2) is 7.45. The van der Waals surface area contributed by atoms with Gasteiger partial charge in [0, 0.05) is 14.1 Å². The summed E-state index contributed by atoms with van der Waals surface area (Å²) >= 11 is 0. The molecule has 0 aliphatic heterocycles. The first-order valence-corrected chi connectivity index (χ1v) is 8.83. The minimum atomic E-state index is -3.54. The Balaban J connectivity index is 2.31. The van der Waals surface area contributed by atoms with Crippen LogP contribution in [0.5, 0.6) is 0 Å². The molecule has 132 valence electrons. The predicted molar refractivity (Wildman–Crippen MR) is 96.5 cm³/mol. The Kier molecular flexibility index (Phi) is 5.55. The van der Waals surface area contributed by atoms with Crippen LogP contribution >= 0.6 is 0 Å². The molecule has 0 radical (unpaired) electrons. The molecule has 2 aromatic carbocycles. The van der Waals surface area contributed by atoms with Crippen LogP contribution in [-0.4, -0.2) is 43.6 Å². The van der Waals surface area contributed by atoms with Gasteiger partial charge in [0.1, 0.15) is 0 Å². The van der Waals surface area contributed by atoms with Crippen molar-refractivity contribution in [3.63, 3.8) is 0 Å². The van der Waals surface area contributed by atoms with Gasteiger partial charge in [-0.15, -0.1) is 0 Å². The van der Waals surface area contributed by atoms with E-state index in [-0.39, 0.29) is 10.5 Å². The Morgan fingerprint density at radius 1 is 1.12 bits per heavy atom. The van der Waals surface area contributed by atoms with Crippen molar-refractivity contribution < 1.29 is 18.3 Å². The first kappa shape index (κ1) is 18.6. The molecule has 0 aliphatic rings. The normalized spacial score (nSPS) is 12.2. The van der Waals surface area contributed by atoms with Crippen LogP contribution in [0.2, 0.25) is 0 Å². The topological polar surface area (TPSA) is 99.1 Å². The van der Waals surface area contributed by atoms with Crippen LogP contribution in [-0.2, 0) is 10.0 Å². The van der Waals surface area contributed by atoms with Gasteiger partial charge in [0.15, 0.2) is 0 Å². The molecule has 0 heterocycles. The summed E-state index contributed by atoms with van der Waals surface area (Å²) in [4.78, 5) is 11.4. The summed E-state index contributed by atoms with van der Waals surface area (Å²) in [5, 5.41) is 13.3. The summed E-state index contributed by atoms with van der Waals surface area (Å²) in [6.45, 7) is 1.71. The summed E-state index contributed by atoms with van der Waals surface area (Å²) in [7, 11) is -0.607. The molecule has 7 nitrogen and oxygen atoms in total. The minimum absolute atomic E-state index is 0.1000. The zero-order valence-corrected chi connectivity index (χ0v) is 14.9. The van der Waals surface area contributed by atoms with Crippen molar-refractivity contribution in [2.45, 2.75) is 11.8 Å². The van der Waals surface area contributed by atoms with Crippen molar-refractivity contribution >= 4 is 27.4 Å². The van der Waals surface area contributed by atoms with E-state index in [1.54, 1.807) is 37.3 Å². The Hall–Kier alpha value is -2.71. The molecule has 0 atom stereocenters. The molecule has 25 heavy (non-hydrogen) atoms. The number of sulfonamides is 1. The van der Waals surface area contributed by atoms with E-state index in [0.29, 0.717) is 17.0 Å². The van der Waals surface area contributed by atoms with Gasteiger partial charge in [0.25, 0.3) is 0 Å². The smallest absolute Gasteiger partial charge is 0.337 e. The number of carboxylic acids is 1. The number of carbonyl (C=O) groups is 1. The van der Waals surface area contributed by atoms with Crippen LogP contribution in [0, 0.1) is 0 Å². The molecule has 0 saturated heterocycles. The molecule has 0 fully saturated rings. The molecular weight excluding hydrogens is 342 g/mol. The van der Waals surface area contributed by atoms with Crippen LogP contribution in [0.3, 0.4) is 0 Å². The maximum Gasteiger partial charge on any atom is 0.337 e. The quantitative estimate of drug-likeness (QED) is 0.608. The molecule has 2 rings (SSSR count). The highest BCUT2D eigenvalue weighted by atomic mass is 32.2. The number of anilines is 1. The summed E-state index contributed by atoms with van der Waals surface area (Å²) in [5.41, 5.74) is 4.31. The van der Waals surface area contributed by atoms with Crippen LogP contribution in [0.4, 0.5) is 5.69 Å². The average Bonchev–Trinajstić information content (AvgIpc) is 2.59. The van der Waals surface area contributed by atoms with Crippen LogP contribution in [0.1, 0.15) is 22.8 Å². The number of hydrazone groups is 1. The molecule has 2 N–H and O–H groups in total. The third-order valence-electron chi connectivity index (χ3n) is 3.53. The summed E-state index contributed by atoms with van der Waals surface area (Å²) < 4.78 is 25.6. The van der Waals surface area contributed by atoms with Crippen LogP contribution in [0.25, 0.3) is 0 Å². The van der Waals surface area contributed by atoms with Gasteiger partial charge in [-0.1, -0.05) is 24.3 Å². The second-order valence-electron chi connectivity index (χ2n) is 5.48. The molecule has 0 unspecified atom stereocenters. The van der Waals surface area contributed by atoms with Crippen LogP contribution < -0.4 is 5.43 Å². The third-order valence-corrected chi connectivity index (χ3v) is 5.34. The monoisotopic (exact) mass is 361 g/mol. The highest BCUT2D eigenvalue weighted by Crippen LogP contribution is 2.17. The van der Waals surface area contributed by atoms with Crippen molar-refractivity contribution in [2.75, 3.05) is 19.5 Å². The van der Waals surface area contributed by atoms with Gasteiger partial charge in [-0.3, -0.25) is 5.43 Å². The Bertz CT molecular complexity index is 921. The number of para-hydroxylation sites is 1. The van der Waals surface area contributed by atoms with Crippen molar-refractivity contribution in [1.29, 1.82) is 0 Å². The van der Waals surface area contributed by atoms with E-state index in [1.807, 2.05) is 0 Å². The fourth-order valence-corrected chi connectivity index (χ4v) is 3.02. The van der Waals surface area contributed by atoms with Gasteiger partial charge in [-0.05, 0) is 36.8 Å². The van der Waals surface area contributed by atoms with Crippen LogP contribution in [0.15, 0.2) is 58.5 Å². The SMILES string of the molecule is C/C(=N\Nc1ccccc1C(=O)O)c1cccc(S(=O)(=O)N(C)C)c1. The van der Waals surface area contributed by atoms with Gasteiger partial charge in [0.05, 0.1) is 21.9 Å². The first-order chi connectivity index (χ1) is 11.7.